The van der Waals surface area contributed by atoms with Gasteiger partial charge in [-0.05, 0) is 46.6 Å². The van der Waals surface area contributed by atoms with Gasteiger partial charge in [-0.2, -0.15) is 4.98 Å². The van der Waals surface area contributed by atoms with Gasteiger partial charge >= 0.3 is 0 Å². The average Bonchev–Trinajstić information content (AvgIpc) is 2.27. The van der Waals surface area contributed by atoms with Gasteiger partial charge in [-0.3, -0.25) is 0 Å². The van der Waals surface area contributed by atoms with Gasteiger partial charge in [0.25, 0.3) is 0 Å². The number of aryl methyl sites for hydroxylation is 1. The molecule has 88 valence electrons. The number of nitrogen functional groups attached to an aromatic ring is 1. The zero-order valence-corrected chi connectivity index (χ0v) is 12.1. The van der Waals surface area contributed by atoms with Gasteiger partial charge in [-0.15, -0.1) is 0 Å². The summed E-state index contributed by atoms with van der Waals surface area (Å²) in [6.45, 7) is 1.96. The van der Waals surface area contributed by atoms with Gasteiger partial charge in [-0.1, -0.05) is 15.9 Å². The zero-order valence-electron chi connectivity index (χ0n) is 8.95. The van der Waals surface area contributed by atoms with Gasteiger partial charge in [0, 0.05) is 4.47 Å². The molecular weight excluding hydrogens is 350 g/mol. The van der Waals surface area contributed by atoms with E-state index in [1.807, 2.05) is 25.1 Å². The number of rotatable bonds is 2. The van der Waals surface area contributed by atoms with Gasteiger partial charge in [-0.25, -0.2) is 4.98 Å². The summed E-state index contributed by atoms with van der Waals surface area (Å²) in [5, 5.41) is 0. The van der Waals surface area contributed by atoms with Crippen molar-refractivity contribution in [2.45, 2.75) is 6.92 Å². The Morgan fingerprint density at radius 1 is 1.29 bits per heavy atom. The van der Waals surface area contributed by atoms with Crippen molar-refractivity contribution in [2.75, 3.05) is 5.73 Å². The SMILES string of the molecule is Cc1cc(Br)ccc1Oc1nc(N)ncc1Br. The summed E-state index contributed by atoms with van der Waals surface area (Å²) in [6, 6.07) is 5.73. The predicted molar refractivity (Wildman–Crippen MR) is 73.1 cm³/mol. The third kappa shape index (κ3) is 2.95. The molecule has 0 unspecified atom stereocenters. The normalized spacial score (nSPS) is 10.3. The van der Waals surface area contributed by atoms with Crippen LogP contribution in [0.25, 0.3) is 0 Å². The third-order valence-corrected chi connectivity index (χ3v) is 3.11. The van der Waals surface area contributed by atoms with E-state index in [9.17, 15) is 0 Å². The van der Waals surface area contributed by atoms with Crippen LogP contribution in [-0.2, 0) is 0 Å². The van der Waals surface area contributed by atoms with Crippen molar-refractivity contribution in [1.82, 2.24) is 9.97 Å². The largest absolute Gasteiger partial charge is 0.437 e. The Labute approximate surface area is 115 Å². The van der Waals surface area contributed by atoms with E-state index in [2.05, 4.69) is 41.8 Å². The molecule has 2 rings (SSSR count). The monoisotopic (exact) mass is 357 g/mol. The molecule has 0 aliphatic rings. The first-order chi connectivity index (χ1) is 8.06. The van der Waals surface area contributed by atoms with E-state index in [-0.39, 0.29) is 5.95 Å². The molecule has 0 spiro atoms. The number of nitrogens with zero attached hydrogens (tertiary/aromatic N) is 2. The first kappa shape index (κ1) is 12.3. The number of aromatic nitrogens is 2. The second kappa shape index (κ2) is 5.01. The molecule has 4 nitrogen and oxygen atoms in total. The maximum absolute atomic E-state index is 5.68. The van der Waals surface area contributed by atoms with Crippen LogP contribution >= 0.6 is 31.9 Å². The fourth-order valence-corrected chi connectivity index (χ4v) is 2.01. The Balaban J connectivity index is 2.34. The van der Waals surface area contributed by atoms with E-state index in [1.165, 1.54) is 0 Å². The lowest BCUT2D eigenvalue weighted by Gasteiger charge is -2.09. The van der Waals surface area contributed by atoms with Crippen LogP contribution in [0.5, 0.6) is 11.6 Å². The van der Waals surface area contributed by atoms with Crippen LogP contribution in [0.2, 0.25) is 0 Å². The van der Waals surface area contributed by atoms with E-state index < -0.39 is 0 Å². The lowest BCUT2D eigenvalue weighted by atomic mass is 10.2. The minimum Gasteiger partial charge on any atom is -0.437 e. The summed E-state index contributed by atoms with van der Waals surface area (Å²) in [5.74, 6) is 1.31. The number of nitrogens with two attached hydrogens (primary N) is 1. The third-order valence-electron chi connectivity index (χ3n) is 2.07. The van der Waals surface area contributed by atoms with E-state index in [0.29, 0.717) is 10.4 Å². The number of ether oxygens (including phenoxy) is 1. The topological polar surface area (TPSA) is 61.0 Å². The maximum atomic E-state index is 5.68. The van der Waals surface area contributed by atoms with Crippen molar-refractivity contribution < 1.29 is 4.74 Å². The molecule has 2 N–H and O–H groups in total. The minimum atomic E-state index is 0.179. The molecule has 2 aromatic rings. The molecule has 6 heteroatoms. The molecule has 0 fully saturated rings. The van der Waals surface area contributed by atoms with Gasteiger partial charge in [0.15, 0.2) is 0 Å². The van der Waals surface area contributed by atoms with Crippen molar-refractivity contribution in [3.8, 4) is 11.6 Å². The Bertz CT molecular complexity index is 560. The first-order valence-corrected chi connectivity index (χ1v) is 6.37. The van der Waals surface area contributed by atoms with Gasteiger partial charge in [0.2, 0.25) is 11.8 Å². The number of benzene rings is 1. The van der Waals surface area contributed by atoms with Crippen LogP contribution in [0.4, 0.5) is 5.95 Å². The quantitative estimate of drug-likeness (QED) is 0.889. The molecule has 0 bridgehead atoms. The summed E-state index contributed by atoms with van der Waals surface area (Å²) in [7, 11) is 0. The molecule has 1 heterocycles. The van der Waals surface area contributed by atoms with Crippen molar-refractivity contribution in [3.63, 3.8) is 0 Å². The summed E-state index contributed by atoms with van der Waals surface area (Å²) < 4.78 is 7.34. The smallest absolute Gasteiger partial charge is 0.238 e. The molecule has 0 amide bonds. The maximum Gasteiger partial charge on any atom is 0.238 e. The summed E-state index contributed by atoms with van der Waals surface area (Å²) in [5.41, 5.74) is 6.52. The summed E-state index contributed by atoms with van der Waals surface area (Å²) in [6.07, 6.45) is 1.56. The second-order valence-electron chi connectivity index (χ2n) is 3.39. The van der Waals surface area contributed by atoms with Gasteiger partial charge in [0.05, 0.1) is 10.7 Å². The van der Waals surface area contributed by atoms with Crippen LogP contribution in [0, 0.1) is 6.92 Å². The van der Waals surface area contributed by atoms with E-state index in [1.54, 1.807) is 6.20 Å². The predicted octanol–water partition coefficient (Wildman–Crippen LogP) is 3.68. The molecule has 1 aromatic heterocycles. The Kier molecular flexibility index (Phi) is 3.63. The lowest BCUT2D eigenvalue weighted by Crippen LogP contribution is -1.98. The minimum absolute atomic E-state index is 0.179. The Morgan fingerprint density at radius 2 is 2.06 bits per heavy atom. The molecule has 0 atom stereocenters. The van der Waals surface area contributed by atoms with Crippen molar-refractivity contribution >= 4 is 37.8 Å². The van der Waals surface area contributed by atoms with E-state index in [4.69, 9.17) is 10.5 Å². The molecule has 1 aromatic carbocycles. The standard InChI is InChI=1S/C11H9Br2N3O/c1-6-4-7(12)2-3-9(6)17-10-8(13)5-15-11(14)16-10/h2-5H,1H3,(H2,14,15,16). The lowest BCUT2D eigenvalue weighted by molar-refractivity contribution is 0.455. The fraction of sp³-hybridized carbons (Fsp3) is 0.0909. The van der Waals surface area contributed by atoms with Crippen LogP contribution < -0.4 is 10.5 Å². The highest BCUT2D eigenvalue weighted by molar-refractivity contribution is 9.10. The molecule has 0 saturated carbocycles. The van der Waals surface area contributed by atoms with Crippen LogP contribution in [0.1, 0.15) is 5.56 Å². The molecule has 0 aliphatic heterocycles. The highest BCUT2D eigenvalue weighted by Crippen LogP contribution is 2.30. The van der Waals surface area contributed by atoms with Crippen molar-refractivity contribution in [2.24, 2.45) is 0 Å². The first-order valence-electron chi connectivity index (χ1n) is 4.78. The molecule has 0 radical (unpaired) electrons. The highest BCUT2D eigenvalue weighted by Gasteiger charge is 2.08. The van der Waals surface area contributed by atoms with Crippen molar-refractivity contribution in [3.05, 3.63) is 38.9 Å². The Morgan fingerprint density at radius 3 is 2.76 bits per heavy atom. The van der Waals surface area contributed by atoms with Crippen LogP contribution in [0.15, 0.2) is 33.3 Å². The number of hydrogen-bond acceptors (Lipinski definition) is 4. The van der Waals surface area contributed by atoms with Crippen LogP contribution in [0.3, 0.4) is 0 Å². The summed E-state index contributed by atoms with van der Waals surface area (Å²) >= 11 is 6.71. The zero-order chi connectivity index (χ0) is 12.4. The number of hydrogen-bond donors (Lipinski definition) is 1. The number of anilines is 1. The highest BCUT2D eigenvalue weighted by atomic mass is 79.9. The fourth-order valence-electron chi connectivity index (χ4n) is 1.27. The molecule has 0 saturated heterocycles. The average molecular weight is 359 g/mol. The number of halogens is 2. The van der Waals surface area contributed by atoms with Gasteiger partial charge < -0.3 is 10.5 Å². The molecule has 17 heavy (non-hydrogen) atoms. The van der Waals surface area contributed by atoms with Gasteiger partial charge in [0.1, 0.15) is 5.75 Å². The van der Waals surface area contributed by atoms with E-state index >= 15 is 0 Å². The van der Waals surface area contributed by atoms with E-state index in [0.717, 1.165) is 15.8 Å². The second-order valence-corrected chi connectivity index (χ2v) is 5.16. The van der Waals surface area contributed by atoms with Crippen LogP contribution in [-0.4, -0.2) is 9.97 Å². The van der Waals surface area contributed by atoms with Crippen molar-refractivity contribution in [1.29, 1.82) is 0 Å². The summed E-state index contributed by atoms with van der Waals surface area (Å²) in [4.78, 5) is 7.87. The molecule has 0 aliphatic carbocycles. The Hall–Kier alpha value is -1.14. The molecular formula is C11H9Br2N3O.